The van der Waals surface area contributed by atoms with Crippen molar-refractivity contribution in [3.05, 3.63) is 132 Å². The van der Waals surface area contributed by atoms with E-state index < -0.39 is 0 Å². The van der Waals surface area contributed by atoms with Crippen molar-refractivity contribution in [2.45, 2.75) is 25.6 Å². The zero-order valence-electron chi connectivity index (χ0n) is 20.3. The van der Waals surface area contributed by atoms with Gasteiger partial charge in [0, 0.05) is 23.8 Å². The van der Waals surface area contributed by atoms with Crippen LogP contribution in [-0.4, -0.2) is 14.7 Å². The Hall–Kier alpha value is -4.36. The summed E-state index contributed by atoms with van der Waals surface area (Å²) in [6.45, 7) is 2.69. The Bertz CT molecular complexity index is 1480. The van der Waals surface area contributed by atoms with Crippen molar-refractivity contribution in [3.8, 4) is 11.5 Å². The molecule has 0 unspecified atom stereocenters. The fourth-order valence-electron chi connectivity index (χ4n) is 4.76. The molecule has 0 radical (unpaired) electrons. The zero-order chi connectivity index (χ0) is 25.2. The Balaban J connectivity index is 1.35. The summed E-state index contributed by atoms with van der Waals surface area (Å²) in [4.78, 5) is 6.82. The third-order valence-corrected chi connectivity index (χ3v) is 6.86. The number of hydrogen-bond acceptors (Lipinski definition) is 4. The lowest BCUT2D eigenvalue weighted by atomic mass is 10.0. The molecule has 6 nitrogen and oxygen atoms in total. The van der Waals surface area contributed by atoms with Crippen molar-refractivity contribution in [1.82, 2.24) is 14.9 Å². The van der Waals surface area contributed by atoms with Crippen LogP contribution in [0.4, 0.5) is 5.69 Å². The summed E-state index contributed by atoms with van der Waals surface area (Å²) in [7, 11) is 0. The quantitative estimate of drug-likeness (QED) is 0.245. The first-order chi connectivity index (χ1) is 18.2. The summed E-state index contributed by atoms with van der Waals surface area (Å²) in [6.07, 6.45) is 5.60. The Morgan fingerprint density at radius 2 is 1.70 bits per heavy atom. The van der Waals surface area contributed by atoms with E-state index in [1.807, 2.05) is 85.1 Å². The van der Waals surface area contributed by atoms with Crippen LogP contribution in [0.2, 0.25) is 0 Å². The fraction of sp³-hybridized carbons (Fsp3) is 0.133. The predicted octanol–water partition coefficient (Wildman–Crippen LogP) is 6.80. The molecule has 1 aliphatic rings. The molecule has 0 amide bonds. The van der Waals surface area contributed by atoms with Crippen LogP contribution in [0.5, 0.6) is 11.5 Å². The number of benzene rings is 2. The molecule has 184 valence electrons. The summed E-state index contributed by atoms with van der Waals surface area (Å²) in [5.74, 6) is 2.47. The number of pyridine rings is 1. The van der Waals surface area contributed by atoms with Gasteiger partial charge in [-0.1, -0.05) is 23.8 Å². The second kappa shape index (κ2) is 9.95. The van der Waals surface area contributed by atoms with E-state index >= 15 is 0 Å². The summed E-state index contributed by atoms with van der Waals surface area (Å²) in [6, 6.07) is 29.9. The van der Waals surface area contributed by atoms with E-state index in [9.17, 15) is 0 Å². The van der Waals surface area contributed by atoms with Crippen molar-refractivity contribution in [1.29, 1.82) is 0 Å². The maximum atomic E-state index is 6.05. The van der Waals surface area contributed by atoms with Gasteiger partial charge in [0.15, 0.2) is 5.11 Å². The summed E-state index contributed by atoms with van der Waals surface area (Å²) in [5, 5.41) is 4.18. The van der Waals surface area contributed by atoms with E-state index in [1.54, 1.807) is 6.26 Å². The summed E-state index contributed by atoms with van der Waals surface area (Å²) < 4.78 is 13.9. The van der Waals surface area contributed by atoms with Gasteiger partial charge in [-0.15, -0.1) is 0 Å². The van der Waals surface area contributed by atoms with E-state index in [4.69, 9.17) is 21.4 Å². The molecule has 1 fully saturated rings. The standard InChI is InChI=1S/C30H26N4O2S/c1-21-9-13-23(14-10-21)36-24-15-11-22(12-16-24)34-29(28(32-30(34)37)26-7-2-3-17-31-26)27-8-4-18-33(27)20-25-6-5-19-35-25/h2-19,28-29H,20H2,1H3,(H,32,37)/t28-,29+/m1/s1. The molecule has 1 aliphatic heterocycles. The van der Waals surface area contributed by atoms with Crippen molar-refractivity contribution in [3.63, 3.8) is 0 Å². The normalized spacial score (nSPS) is 17.1. The number of aryl methyl sites for hydroxylation is 1. The van der Waals surface area contributed by atoms with E-state index in [1.165, 1.54) is 5.56 Å². The molecule has 0 bridgehead atoms. The first-order valence-corrected chi connectivity index (χ1v) is 12.6. The predicted molar refractivity (Wildman–Crippen MR) is 148 cm³/mol. The number of hydrogen-bond donors (Lipinski definition) is 1. The molecular weight excluding hydrogens is 480 g/mol. The third-order valence-electron chi connectivity index (χ3n) is 6.54. The Morgan fingerprint density at radius 3 is 2.41 bits per heavy atom. The molecule has 0 aliphatic carbocycles. The van der Waals surface area contributed by atoms with Crippen LogP contribution in [0.25, 0.3) is 0 Å². The lowest BCUT2D eigenvalue weighted by Crippen LogP contribution is -2.30. The Labute approximate surface area is 221 Å². The molecule has 2 atom stereocenters. The van der Waals surface area contributed by atoms with E-state index in [2.05, 4.69) is 45.0 Å². The number of furan rings is 1. The van der Waals surface area contributed by atoms with Gasteiger partial charge in [-0.25, -0.2) is 0 Å². The molecule has 1 saturated heterocycles. The topological polar surface area (TPSA) is 55.5 Å². The first-order valence-electron chi connectivity index (χ1n) is 12.2. The molecular formula is C30H26N4O2S. The maximum absolute atomic E-state index is 6.05. The highest BCUT2D eigenvalue weighted by Crippen LogP contribution is 2.42. The van der Waals surface area contributed by atoms with Gasteiger partial charge in [-0.2, -0.15) is 0 Å². The fourth-order valence-corrected chi connectivity index (χ4v) is 5.11. The minimum absolute atomic E-state index is 0.115. The number of thiocarbonyl (C=S) groups is 1. The van der Waals surface area contributed by atoms with Gasteiger partial charge in [0.1, 0.15) is 23.3 Å². The van der Waals surface area contributed by atoms with E-state index in [-0.39, 0.29) is 12.1 Å². The summed E-state index contributed by atoms with van der Waals surface area (Å²) >= 11 is 5.89. The second-order valence-corrected chi connectivity index (χ2v) is 9.43. The number of nitrogens with zero attached hydrogens (tertiary/aromatic N) is 3. The highest BCUT2D eigenvalue weighted by atomic mass is 32.1. The minimum Gasteiger partial charge on any atom is -0.467 e. The van der Waals surface area contributed by atoms with Crippen molar-refractivity contribution >= 4 is 23.0 Å². The van der Waals surface area contributed by atoms with Gasteiger partial charge in [0.25, 0.3) is 0 Å². The zero-order valence-corrected chi connectivity index (χ0v) is 21.1. The van der Waals surface area contributed by atoms with Gasteiger partial charge in [-0.3, -0.25) is 4.98 Å². The average molecular weight is 507 g/mol. The molecule has 4 heterocycles. The Morgan fingerprint density at radius 1 is 0.919 bits per heavy atom. The number of rotatable bonds is 7. The van der Waals surface area contributed by atoms with Crippen molar-refractivity contribution < 1.29 is 9.15 Å². The van der Waals surface area contributed by atoms with Gasteiger partial charge < -0.3 is 23.9 Å². The van der Waals surface area contributed by atoms with Crippen LogP contribution >= 0.6 is 12.2 Å². The lowest BCUT2D eigenvalue weighted by molar-refractivity contribution is 0.475. The minimum atomic E-state index is -0.123. The number of aromatic nitrogens is 2. The molecule has 2 aromatic carbocycles. The van der Waals surface area contributed by atoms with Crippen LogP contribution in [-0.2, 0) is 6.54 Å². The van der Waals surface area contributed by atoms with Crippen LogP contribution in [0, 0.1) is 6.92 Å². The first kappa shape index (κ1) is 23.1. The third kappa shape index (κ3) is 4.73. The maximum Gasteiger partial charge on any atom is 0.174 e. The van der Waals surface area contributed by atoms with Gasteiger partial charge in [-0.05, 0) is 91.9 Å². The molecule has 6 rings (SSSR count). The van der Waals surface area contributed by atoms with Crippen molar-refractivity contribution in [2.75, 3.05) is 4.90 Å². The van der Waals surface area contributed by atoms with Gasteiger partial charge in [0.2, 0.25) is 0 Å². The van der Waals surface area contributed by atoms with Crippen LogP contribution in [0.3, 0.4) is 0 Å². The number of nitrogens with one attached hydrogen (secondary N) is 1. The largest absolute Gasteiger partial charge is 0.467 e. The summed E-state index contributed by atoms with van der Waals surface area (Å²) in [5.41, 5.74) is 4.22. The van der Waals surface area contributed by atoms with Crippen LogP contribution < -0.4 is 15.0 Å². The SMILES string of the molecule is Cc1ccc(Oc2ccc(N3C(=S)N[C@H](c4ccccn4)[C@@H]3c3cccn3Cc3ccco3)cc2)cc1. The molecule has 0 saturated carbocycles. The second-order valence-electron chi connectivity index (χ2n) is 9.05. The molecule has 3 aromatic heterocycles. The van der Waals surface area contributed by atoms with Crippen LogP contribution in [0.15, 0.2) is 114 Å². The number of ether oxygens (including phenoxy) is 1. The highest BCUT2D eigenvalue weighted by molar-refractivity contribution is 7.80. The molecule has 0 spiro atoms. The Kier molecular flexibility index (Phi) is 6.20. The molecule has 7 heteroatoms. The number of anilines is 1. The monoisotopic (exact) mass is 506 g/mol. The van der Waals surface area contributed by atoms with Crippen LogP contribution in [0.1, 0.15) is 34.8 Å². The van der Waals surface area contributed by atoms with E-state index in [0.717, 1.165) is 34.3 Å². The molecule has 1 N–H and O–H groups in total. The smallest absolute Gasteiger partial charge is 0.174 e. The van der Waals surface area contributed by atoms with Crippen molar-refractivity contribution in [2.24, 2.45) is 0 Å². The lowest BCUT2D eigenvalue weighted by Gasteiger charge is -2.29. The highest BCUT2D eigenvalue weighted by Gasteiger charge is 2.42. The molecule has 37 heavy (non-hydrogen) atoms. The van der Waals surface area contributed by atoms with E-state index in [0.29, 0.717) is 11.7 Å². The van der Waals surface area contributed by atoms with Gasteiger partial charge >= 0.3 is 0 Å². The average Bonchev–Trinajstić information content (AvgIpc) is 3.67. The molecule has 5 aromatic rings. The van der Waals surface area contributed by atoms with Gasteiger partial charge in [0.05, 0.1) is 24.5 Å².